The lowest BCUT2D eigenvalue weighted by Gasteiger charge is -2.30. The second-order valence-corrected chi connectivity index (χ2v) is 7.31. The zero-order valence-corrected chi connectivity index (χ0v) is 13.1. The van der Waals surface area contributed by atoms with Gasteiger partial charge in [0, 0.05) is 19.1 Å². The van der Waals surface area contributed by atoms with Gasteiger partial charge in [0.15, 0.2) is 0 Å². The molecule has 1 saturated heterocycles. The lowest BCUT2D eigenvalue weighted by atomic mass is 10.1. The number of hydrogen-bond donors (Lipinski definition) is 1. The molecule has 0 amide bonds. The molecule has 1 aliphatic rings. The van der Waals surface area contributed by atoms with Crippen molar-refractivity contribution < 1.29 is 8.42 Å². The topological polar surface area (TPSA) is 93.0 Å². The van der Waals surface area contributed by atoms with Crippen LogP contribution in [-0.4, -0.2) is 58.3 Å². The number of piperidine rings is 1. The highest BCUT2D eigenvalue weighted by atomic mass is 32.2. The van der Waals surface area contributed by atoms with Gasteiger partial charge in [-0.1, -0.05) is 23.3 Å². The maximum Gasteiger partial charge on any atom is 0.247 e. The van der Waals surface area contributed by atoms with Gasteiger partial charge in [-0.15, -0.1) is 0 Å². The van der Waals surface area contributed by atoms with Crippen LogP contribution in [0.4, 0.5) is 5.95 Å². The Labute approximate surface area is 129 Å². The average molecular weight is 322 g/mol. The standard InChI is InChI=1S/C13H18N6O2S/c1-22(20,21)18-9-7-11(8-10-18)14-13-15-16-17-19(13)12-5-3-2-4-6-12/h2-6,11H,7-10H2,1H3,(H,14,15,17). The van der Waals surface area contributed by atoms with Gasteiger partial charge in [0.25, 0.3) is 0 Å². The van der Waals surface area contributed by atoms with E-state index in [2.05, 4.69) is 20.8 Å². The molecule has 1 aromatic heterocycles. The lowest BCUT2D eigenvalue weighted by Crippen LogP contribution is -2.42. The summed E-state index contributed by atoms with van der Waals surface area (Å²) in [7, 11) is -3.10. The van der Waals surface area contributed by atoms with Gasteiger partial charge < -0.3 is 5.32 Å². The maximum absolute atomic E-state index is 11.5. The van der Waals surface area contributed by atoms with Crippen LogP contribution in [0.1, 0.15) is 12.8 Å². The van der Waals surface area contributed by atoms with Crippen molar-refractivity contribution >= 4 is 16.0 Å². The van der Waals surface area contributed by atoms with E-state index in [4.69, 9.17) is 0 Å². The fraction of sp³-hybridized carbons (Fsp3) is 0.462. The highest BCUT2D eigenvalue weighted by Gasteiger charge is 2.25. The predicted molar refractivity (Wildman–Crippen MR) is 82.2 cm³/mol. The smallest absolute Gasteiger partial charge is 0.247 e. The molecule has 0 radical (unpaired) electrons. The Balaban J connectivity index is 1.68. The van der Waals surface area contributed by atoms with Crippen LogP contribution >= 0.6 is 0 Å². The van der Waals surface area contributed by atoms with Crippen LogP contribution in [0.3, 0.4) is 0 Å². The second-order valence-electron chi connectivity index (χ2n) is 5.33. The Morgan fingerprint density at radius 3 is 2.50 bits per heavy atom. The summed E-state index contributed by atoms with van der Waals surface area (Å²) in [6.45, 7) is 1.03. The quantitative estimate of drug-likeness (QED) is 0.881. The molecule has 0 aliphatic carbocycles. The summed E-state index contributed by atoms with van der Waals surface area (Å²) in [4.78, 5) is 0. The van der Waals surface area contributed by atoms with Gasteiger partial charge in [-0.2, -0.15) is 4.68 Å². The third kappa shape index (κ3) is 3.25. The number of aromatic nitrogens is 4. The van der Waals surface area contributed by atoms with Crippen molar-refractivity contribution in [1.82, 2.24) is 24.5 Å². The van der Waals surface area contributed by atoms with Crippen LogP contribution in [-0.2, 0) is 10.0 Å². The van der Waals surface area contributed by atoms with E-state index in [0.29, 0.717) is 19.0 Å². The summed E-state index contributed by atoms with van der Waals surface area (Å²) in [5, 5.41) is 15.0. The maximum atomic E-state index is 11.5. The molecule has 0 bridgehead atoms. The lowest BCUT2D eigenvalue weighted by molar-refractivity contribution is 0.331. The minimum absolute atomic E-state index is 0.159. The van der Waals surface area contributed by atoms with Crippen molar-refractivity contribution in [2.24, 2.45) is 0 Å². The van der Waals surface area contributed by atoms with Gasteiger partial charge >= 0.3 is 0 Å². The van der Waals surface area contributed by atoms with Gasteiger partial charge in [-0.25, -0.2) is 12.7 Å². The number of sulfonamides is 1. The van der Waals surface area contributed by atoms with Crippen molar-refractivity contribution in [3.05, 3.63) is 30.3 Å². The molecule has 0 saturated carbocycles. The van der Waals surface area contributed by atoms with Crippen LogP contribution in [0.25, 0.3) is 5.69 Å². The van der Waals surface area contributed by atoms with Crippen molar-refractivity contribution in [2.75, 3.05) is 24.7 Å². The number of nitrogens with one attached hydrogen (secondary N) is 1. The second kappa shape index (κ2) is 6.01. The first kappa shape index (κ1) is 14.9. The molecular weight excluding hydrogens is 304 g/mol. The Hall–Kier alpha value is -2.00. The Bertz CT molecular complexity index is 722. The molecule has 22 heavy (non-hydrogen) atoms. The molecule has 1 aromatic carbocycles. The van der Waals surface area contributed by atoms with E-state index in [9.17, 15) is 8.42 Å². The molecule has 1 fully saturated rings. The zero-order valence-electron chi connectivity index (χ0n) is 12.3. The van der Waals surface area contributed by atoms with E-state index in [0.717, 1.165) is 18.5 Å². The van der Waals surface area contributed by atoms with Crippen LogP contribution in [0.2, 0.25) is 0 Å². The minimum Gasteiger partial charge on any atom is -0.350 e. The van der Waals surface area contributed by atoms with Crippen molar-refractivity contribution in [1.29, 1.82) is 0 Å². The normalized spacial score (nSPS) is 17.5. The molecule has 8 nitrogen and oxygen atoms in total. The highest BCUT2D eigenvalue weighted by Crippen LogP contribution is 2.18. The Morgan fingerprint density at radius 1 is 1.18 bits per heavy atom. The number of nitrogens with zero attached hydrogens (tertiary/aromatic N) is 5. The predicted octanol–water partition coefficient (Wildman–Crippen LogP) is 0.498. The molecule has 1 N–H and O–H groups in total. The highest BCUT2D eigenvalue weighted by molar-refractivity contribution is 7.88. The largest absolute Gasteiger partial charge is 0.350 e. The minimum atomic E-state index is -3.10. The molecule has 0 atom stereocenters. The van der Waals surface area contributed by atoms with Crippen LogP contribution in [0.5, 0.6) is 0 Å². The Morgan fingerprint density at radius 2 is 1.86 bits per heavy atom. The third-order valence-electron chi connectivity index (χ3n) is 3.73. The van der Waals surface area contributed by atoms with Crippen LogP contribution < -0.4 is 5.32 Å². The third-order valence-corrected chi connectivity index (χ3v) is 5.03. The molecule has 1 aliphatic heterocycles. The molecule has 2 heterocycles. The van der Waals surface area contributed by atoms with Crippen molar-refractivity contribution in [2.45, 2.75) is 18.9 Å². The summed E-state index contributed by atoms with van der Waals surface area (Å²) < 4.78 is 26.2. The molecular formula is C13H18N6O2S. The molecule has 3 rings (SSSR count). The molecule has 9 heteroatoms. The summed E-state index contributed by atoms with van der Waals surface area (Å²) in [6.07, 6.45) is 2.71. The fourth-order valence-electron chi connectivity index (χ4n) is 2.53. The van der Waals surface area contributed by atoms with Crippen molar-refractivity contribution in [3.63, 3.8) is 0 Å². The van der Waals surface area contributed by atoms with Gasteiger partial charge in [0.2, 0.25) is 16.0 Å². The number of rotatable bonds is 4. The first-order valence-corrected chi connectivity index (χ1v) is 8.94. The molecule has 0 unspecified atom stereocenters. The van der Waals surface area contributed by atoms with Gasteiger partial charge in [-0.05, 0) is 35.4 Å². The Kier molecular flexibility index (Phi) is 4.08. The monoisotopic (exact) mass is 322 g/mol. The van der Waals surface area contributed by atoms with E-state index >= 15 is 0 Å². The SMILES string of the molecule is CS(=O)(=O)N1CCC(Nc2nnnn2-c2ccccc2)CC1. The van der Waals surface area contributed by atoms with Crippen LogP contribution in [0, 0.1) is 0 Å². The molecule has 2 aromatic rings. The van der Waals surface area contributed by atoms with Crippen molar-refractivity contribution in [3.8, 4) is 5.69 Å². The van der Waals surface area contributed by atoms with E-state index in [1.54, 1.807) is 4.68 Å². The zero-order chi connectivity index (χ0) is 15.6. The number of tetrazole rings is 1. The van der Waals surface area contributed by atoms with E-state index in [-0.39, 0.29) is 6.04 Å². The number of para-hydroxylation sites is 1. The van der Waals surface area contributed by atoms with Gasteiger partial charge in [-0.3, -0.25) is 0 Å². The summed E-state index contributed by atoms with van der Waals surface area (Å²) in [5.74, 6) is 0.573. The summed E-state index contributed by atoms with van der Waals surface area (Å²) in [6, 6.07) is 9.78. The molecule has 118 valence electrons. The van der Waals surface area contributed by atoms with E-state index in [1.165, 1.54) is 10.6 Å². The summed E-state index contributed by atoms with van der Waals surface area (Å²) in [5.41, 5.74) is 0.878. The number of benzene rings is 1. The van der Waals surface area contributed by atoms with Gasteiger partial charge in [0.05, 0.1) is 11.9 Å². The first-order valence-electron chi connectivity index (χ1n) is 7.09. The van der Waals surface area contributed by atoms with E-state index < -0.39 is 10.0 Å². The van der Waals surface area contributed by atoms with Crippen LogP contribution in [0.15, 0.2) is 30.3 Å². The fourth-order valence-corrected chi connectivity index (χ4v) is 3.41. The van der Waals surface area contributed by atoms with E-state index in [1.807, 2.05) is 30.3 Å². The molecule has 0 spiro atoms. The average Bonchev–Trinajstić information content (AvgIpc) is 2.96. The van der Waals surface area contributed by atoms with Gasteiger partial charge in [0.1, 0.15) is 0 Å². The number of hydrogen-bond acceptors (Lipinski definition) is 6. The number of anilines is 1. The first-order chi connectivity index (χ1) is 10.5. The summed E-state index contributed by atoms with van der Waals surface area (Å²) >= 11 is 0.